The van der Waals surface area contributed by atoms with Crippen molar-refractivity contribution in [2.75, 3.05) is 14.2 Å². The molecule has 0 aliphatic rings. The number of hydrogen-bond donors (Lipinski definition) is 0. The Labute approximate surface area is 117 Å². The number of benzene rings is 1. The SMILES string of the molecule is COc1cc(OC)c2ccc(=O)oc2c1/C=C/C(C)C. The van der Waals surface area contributed by atoms with Crippen molar-refractivity contribution in [1.29, 1.82) is 0 Å². The number of ether oxygens (including phenoxy) is 2. The molecule has 1 aromatic carbocycles. The van der Waals surface area contributed by atoms with Crippen molar-refractivity contribution in [3.8, 4) is 11.5 Å². The van der Waals surface area contributed by atoms with Gasteiger partial charge in [0.05, 0.1) is 25.2 Å². The maximum Gasteiger partial charge on any atom is 0.336 e. The lowest BCUT2D eigenvalue weighted by Gasteiger charge is -2.11. The van der Waals surface area contributed by atoms with Crippen molar-refractivity contribution in [2.45, 2.75) is 13.8 Å². The van der Waals surface area contributed by atoms with Crippen LogP contribution >= 0.6 is 0 Å². The summed E-state index contributed by atoms with van der Waals surface area (Å²) in [5.41, 5.74) is 0.826. The Morgan fingerprint density at radius 2 is 1.85 bits per heavy atom. The van der Waals surface area contributed by atoms with Gasteiger partial charge in [0.1, 0.15) is 11.5 Å². The zero-order valence-electron chi connectivity index (χ0n) is 12.1. The van der Waals surface area contributed by atoms with E-state index in [4.69, 9.17) is 13.9 Å². The fourth-order valence-corrected chi connectivity index (χ4v) is 1.98. The van der Waals surface area contributed by atoms with Crippen LogP contribution in [0, 0.1) is 5.92 Å². The van der Waals surface area contributed by atoms with Gasteiger partial charge in [-0.1, -0.05) is 26.0 Å². The second-order valence-electron chi connectivity index (χ2n) is 4.80. The minimum atomic E-state index is -0.396. The molecule has 0 radical (unpaired) electrons. The van der Waals surface area contributed by atoms with E-state index < -0.39 is 5.63 Å². The normalized spacial score (nSPS) is 11.4. The van der Waals surface area contributed by atoms with Gasteiger partial charge in [-0.2, -0.15) is 0 Å². The van der Waals surface area contributed by atoms with Crippen molar-refractivity contribution in [1.82, 2.24) is 0 Å². The molecular weight excluding hydrogens is 256 g/mol. The van der Waals surface area contributed by atoms with Gasteiger partial charge in [0.2, 0.25) is 0 Å². The molecule has 1 heterocycles. The van der Waals surface area contributed by atoms with Crippen LogP contribution in [-0.4, -0.2) is 14.2 Å². The van der Waals surface area contributed by atoms with Crippen LogP contribution in [0.15, 0.2) is 33.5 Å². The van der Waals surface area contributed by atoms with Crippen molar-refractivity contribution in [3.05, 3.63) is 40.3 Å². The van der Waals surface area contributed by atoms with Gasteiger partial charge < -0.3 is 13.9 Å². The Morgan fingerprint density at radius 1 is 1.15 bits per heavy atom. The van der Waals surface area contributed by atoms with E-state index in [0.717, 1.165) is 10.9 Å². The zero-order chi connectivity index (χ0) is 14.7. The second-order valence-corrected chi connectivity index (χ2v) is 4.80. The molecule has 0 unspecified atom stereocenters. The third-order valence-electron chi connectivity index (χ3n) is 2.96. The summed E-state index contributed by atoms with van der Waals surface area (Å²) < 4.78 is 16.0. The molecule has 0 amide bonds. The van der Waals surface area contributed by atoms with Crippen LogP contribution < -0.4 is 15.1 Å². The second kappa shape index (κ2) is 5.82. The molecule has 0 atom stereocenters. The van der Waals surface area contributed by atoms with E-state index in [-0.39, 0.29) is 0 Å². The summed E-state index contributed by atoms with van der Waals surface area (Å²) in [6, 6.07) is 4.88. The first-order valence-electron chi connectivity index (χ1n) is 6.44. The predicted octanol–water partition coefficient (Wildman–Crippen LogP) is 3.48. The average molecular weight is 274 g/mol. The molecule has 0 spiro atoms. The van der Waals surface area contributed by atoms with Crippen molar-refractivity contribution >= 4 is 17.0 Å². The first kappa shape index (κ1) is 14.2. The topological polar surface area (TPSA) is 48.7 Å². The standard InChI is InChI=1S/C16H18O4/c1-10(2)5-6-11-13(18-3)9-14(19-4)12-7-8-15(17)20-16(11)12/h5-10H,1-4H3/b6-5+. The van der Waals surface area contributed by atoms with Gasteiger partial charge in [-0.05, 0) is 12.0 Å². The lowest BCUT2D eigenvalue weighted by Crippen LogP contribution is -1.99. The number of hydrogen-bond acceptors (Lipinski definition) is 4. The maximum absolute atomic E-state index is 11.5. The number of rotatable bonds is 4. The fourth-order valence-electron chi connectivity index (χ4n) is 1.98. The van der Waals surface area contributed by atoms with E-state index in [9.17, 15) is 4.79 Å². The lowest BCUT2D eigenvalue weighted by molar-refractivity contribution is 0.395. The van der Waals surface area contributed by atoms with E-state index in [2.05, 4.69) is 13.8 Å². The van der Waals surface area contributed by atoms with Gasteiger partial charge in [-0.15, -0.1) is 0 Å². The third-order valence-corrected chi connectivity index (χ3v) is 2.96. The predicted molar refractivity (Wildman–Crippen MR) is 79.5 cm³/mol. The third kappa shape index (κ3) is 2.69. The number of fused-ring (bicyclic) bond motifs is 1. The smallest absolute Gasteiger partial charge is 0.336 e. The fraction of sp³-hybridized carbons (Fsp3) is 0.312. The molecule has 0 aliphatic carbocycles. The van der Waals surface area contributed by atoms with Crippen molar-refractivity contribution in [2.24, 2.45) is 5.92 Å². The Balaban J connectivity index is 2.81. The van der Waals surface area contributed by atoms with Crippen molar-refractivity contribution < 1.29 is 13.9 Å². The summed E-state index contributed by atoms with van der Waals surface area (Å²) in [4.78, 5) is 11.5. The molecule has 20 heavy (non-hydrogen) atoms. The first-order chi connectivity index (χ1) is 9.56. The highest BCUT2D eigenvalue weighted by atomic mass is 16.5. The van der Waals surface area contributed by atoms with Gasteiger partial charge in [0.25, 0.3) is 0 Å². The van der Waals surface area contributed by atoms with Crippen molar-refractivity contribution in [3.63, 3.8) is 0 Å². The molecule has 4 nitrogen and oxygen atoms in total. The summed E-state index contributed by atoms with van der Waals surface area (Å²) in [6.45, 7) is 4.15. The maximum atomic E-state index is 11.5. The van der Waals surface area contributed by atoms with Crippen LogP contribution in [0.25, 0.3) is 17.0 Å². The minimum Gasteiger partial charge on any atom is -0.496 e. The number of allylic oxidation sites excluding steroid dienone is 1. The van der Waals surface area contributed by atoms with Crippen LogP contribution in [0.1, 0.15) is 19.4 Å². The Kier molecular flexibility index (Phi) is 4.13. The Morgan fingerprint density at radius 3 is 2.45 bits per heavy atom. The zero-order valence-corrected chi connectivity index (χ0v) is 12.1. The number of methoxy groups -OCH3 is 2. The van der Waals surface area contributed by atoms with Gasteiger partial charge in [-0.3, -0.25) is 0 Å². The van der Waals surface area contributed by atoms with E-state index in [0.29, 0.717) is 23.0 Å². The molecular formula is C16H18O4. The molecule has 1 aromatic heterocycles. The summed E-state index contributed by atoms with van der Waals surface area (Å²) in [5.74, 6) is 1.61. The largest absolute Gasteiger partial charge is 0.496 e. The molecule has 0 bridgehead atoms. The quantitative estimate of drug-likeness (QED) is 0.801. The summed E-state index contributed by atoms with van der Waals surface area (Å²) in [5, 5.41) is 0.747. The molecule has 2 aromatic rings. The summed E-state index contributed by atoms with van der Waals surface area (Å²) in [6.07, 6.45) is 3.94. The molecule has 0 saturated heterocycles. The van der Waals surface area contributed by atoms with Gasteiger partial charge in [0.15, 0.2) is 5.58 Å². The average Bonchev–Trinajstić information content (AvgIpc) is 2.43. The van der Waals surface area contributed by atoms with E-state index in [1.807, 2.05) is 12.2 Å². The molecule has 0 saturated carbocycles. The van der Waals surface area contributed by atoms with Gasteiger partial charge in [-0.25, -0.2) is 4.79 Å². The van der Waals surface area contributed by atoms with E-state index in [1.165, 1.54) is 6.07 Å². The van der Waals surface area contributed by atoms with Crippen LogP contribution in [0.5, 0.6) is 11.5 Å². The molecule has 4 heteroatoms. The highest BCUT2D eigenvalue weighted by Crippen LogP contribution is 2.36. The Bertz CT molecular complexity index is 695. The van der Waals surface area contributed by atoms with Crippen LogP contribution in [0.3, 0.4) is 0 Å². The molecule has 0 aliphatic heterocycles. The molecule has 0 fully saturated rings. The van der Waals surface area contributed by atoms with E-state index in [1.54, 1.807) is 26.4 Å². The Hall–Kier alpha value is -2.23. The van der Waals surface area contributed by atoms with Gasteiger partial charge in [0, 0.05) is 12.1 Å². The summed E-state index contributed by atoms with van der Waals surface area (Å²) in [7, 11) is 3.15. The highest BCUT2D eigenvalue weighted by molar-refractivity contribution is 5.93. The van der Waals surface area contributed by atoms with Crippen LogP contribution in [0.2, 0.25) is 0 Å². The lowest BCUT2D eigenvalue weighted by atomic mass is 10.1. The minimum absolute atomic E-state index is 0.382. The van der Waals surface area contributed by atoms with Gasteiger partial charge >= 0.3 is 5.63 Å². The van der Waals surface area contributed by atoms with Crippen LogP contribution in [0.4, 0.5) is 0 Å². The molecule has 0 N–H and O–H groups in total. The summed E-state index contributed by atoms with van der Waals surface area (Å²) >= 11 is 0. The van der Waals surface area contributed by atoms with Crippen LogP contribution in [-0.2, 0) is 0 Å². The molecule has 106 valence electrons. The monoisotopic (exact) mass is 274 g/mol. The first-order valence-corrected chi connectivity index (χ1v) is 6.44. The highest BCUT2D eigenvalue weighted by Gasteiger charge is 2.14. The molecule has 2 rings (SSSR count). The van der Waals surface area contributed by atoms with E-state index >= 15 is 0 Å².